The fourth-order valence-corrected chi connectivity index (χ4v) is 2.27. The predicted molar refractivity (Wildman–Crippen MR) is 73.4 cm³/mol. The molecule has 2 aromatic rings. The fourth-order valence-electron chi connectivity index (χ4n) is 2.27. The first-order valence-corrected chi connectivity index (χ1v) is 6.58. The molecule has 0 aromatic heterocycles. The number of rotatable bonds is 4. The molecule has 1 atom stereocenters. The summed E-state index contributed by atoms with van der Waals surface area (Å²) in [4.78, 5) is 0. The Morgan fingerprint density at radius 1 is 1.00 bits per heavy atom. The smallest absolute Gasteiger partial charge is 0.307 e. The molecule has 0 spiro atoms. The lowest BCUT2D eigenvalue weighted by molar-refractivity contribution is -0.138. The van der Waals surface area contributed by atoms with E-state index < -0.39 is 23.6 Å². The van der Waals surface area contributed by atoms with E-state index in [2.05, 4.69) is 5.32 Å². The molecule has 112 valence electrons. The molecule has 0 bridgehead atoms. The summed E-state index contributed by atoms with van der Waals surface area (Å²) < 4.78 is 52.4. The van der Waals surface area contributed by atoms with E-state index in [1.54, 1.807) is 6.07 Å². The van der Waals surface area contributed by atoms with Gasteiger partial charge in [-0.05, 0) is 35.9 Å². The van der Waals surface area contributed by atoms with Crippen molar-refractivity contribution in [2.24, 2.45) is 0 Å². The van der Waals surface area contributed by atoms with Crippen LogP contribution in [0.2, 0.25) is 0 Å². The molecule has 0 fully saturated rings. The van der Waals surface area contributed by atoms with Crippen molar-refractivity contribution in [3.8, 4) is 0 Å². The van der Waals surface area contributed by atoms with Gasteiger partial charge in [-0.25, -0.2) is 4.39 Å². The standard InChI is InChI=1S/C16H15F4N/c1-2-21-15(11-7-9-12(17)10-8-11)13-5-3-4-6-14(13)16(18,19)20/h3-10,15,21H,2H2,1H3. The lowest BCUT2D eigenvalue weighted by Gasteiger charge is -2.23. The molecule has 0 amide bonds. The highest BCUT2D eigenvalue weighted by Gasteiger charge is 2.35. The third-order valence-electron chi connectivity index (χ3n) is 3.19. The van der Waals surface area contributed by atoms with E-state index in [0.717, 1.165) is 6.07 Å². The molecule has 1 nitrogen and oxygen atoms in total. The van der Waals surface area contributed by atoms with Crippen LogP contribution in [0.25, 0.3) is 0 Å². The van der Waals surface area contributed by atoms with E-state index >= 15 is 0 Å². The number of halogens is 4. The monoisotopic (exact) mass is 297 g/mol. The maximum atomic E-state index is 13.1. The fraction of sp³-hybridized carbons (Fsp3) is 0.250. The molecule has 0 aliphatic carbocycles. The van der Waals surface area contributed by atoms with Crippen molar-refractivity contribution in [1.29, 1.82) is 0 Å². The Hall–Kier alpha value is -1.88. The average molecular weight is 297 g/mol. The maximum absolute atomic E-state index is 13.1. The van der Waals surface area contributed by atoms with Crippen LogP contribution in [0.15, 0.2) is 48.5 Å². The summed E-state index contributed by atoms with van der Waals surface area (Å²) in [5.41, 5.74) is 0.0497. The molecule has 0 heterocycles. The second kappa shape index (κ2) is 6.26. The zero-order valence-corrected chi connectivity index (χ0v) is 11.4. The molecule has 2 aromatic carbocycles. The van der Waals surface area contributed by atoms with Gasteiger partial charge in [-0.15, -0.1) is 0 Å². The quantitative estimate of drug-likeness (QED) is 0.817. The minimum atomic E-state index is -4.43. The summed E-state index contributed by atoms with van der Waals surface area (Å²) in [6, 6.07) is 10.3. The molecule has 21 heavy (non-hydrogen) atoms. The molecule has 0 saturated heterocycles. The van der Waals surface area contributed by atoms with Crippen LogP contribution in [0.4, 0.5) is 17.6 Å². The Kier molecular flexibility index (Phi) is 4.63. The molecule has 0 aliphatic rings. The first-order valence-electron chi connectivity index (χ1n) is 6.58. The van der Waals surface area contributed by atoms with Crippen molar-refractivity contribution in [3.63, 3.8) is 0 Å². The van der Waals surface area contributed by atoms with Gasteiger partial charge < -0.3 is 5.32 Å². The minimum Gasteiger partial charge on any atom is -0.307 e. The van der Waals surface area contributed by atoms with Crippen molar-refractivity contribution < 1.29 is 17.6 Å². The summed E-state index contributed by atoms with van der Waals surface area (Å²) in [5, 5.41) is 3.02. The van der Waals surface area contributed by atoms with Crippen molar-refractivity contribution in [3.05, 3.63) is 71.0 Å². The Morgan fingerprint density at radius 2 is 1.62 bits per heavy atom. The second-order valence-electron chi connectivity index (χ2n) is 4.63. The Balaban J connectivity index is 2.51. The van der Waals surface area contributed by atoms with Crippen LogP contribution >= 0.6 is 0 Å². The van der Waals surface area contributed by atoms with E-state index in [1.165, 1.54) is 36.4 Å². The van der Waals surface area contributed by atoms with Crippen molar-refractivity contribution in [2.45, 2.75) is 19.1 Å². The van der Waals surface area contributed by atoms with E-state index in [-0.39, 0.29) is 5.56 Å². The minimum absolute atomic E-state index is 0.137. The van der Waals surface area contributed by atoms with Gasteiger partial charge in [0, 0.05) is 0 Å². The van der Waals surface area contributed by atoms with E-state index in [9.17, 15) is 17.6 Å². The second-order valence-corrected chi connectivity index (χ2v) is 4.63. The van der Waals surface area contributed by atoms with Crippen LogP contribution in [0.3, 0.4) is 0 Å². The summed E-state index contributed by atoms with van der Waals surface area (Å²) in [7, 11) is 0. The molecule has 1 N–H and O–H groups in total. The van der Waals surface area contributed by atoms with Crippen LogP contribution in [0, 0.1) is 5.82 Å². The van der Waals surface area contributed by atoms with Gasteiger partial charge in [0.15, 0.2) is 0 Å². The topological polar surface area (TPSA) is 12.0 Å². The Morgan fingerprint density at radius 3 is 2.19 bits per heavy atom. The van der Waals surface area contributed by atoms with E-state index in [4.69, 9.17) is 0 Å². The summed E-state index contributed by atoms with van der Waals surface area (Å²) in [6.07, 6.45) is -4.43. The van der Waals surface area contributed by atoms with Crippen molar-refractivity contribution >= 4 is 0 Å². The summed E-state index contributed by atoms with van der Waals surface area (Å²) in [5.74, 6) is -0.418. The van der Waals surface area contributed by atoms with Crippen LogP contribution in [0.5, 0.6) is 0 Å². The van der Waals surface area contributed by atoms with Crippen molar-refractivity contribution in [1.82, 2.24) is 5.32 Å². The highest BCUT2D eigenvalue weighted by Crippen LogP contribution is 2.36. The zero-order chi connectivity index (χ0) is 15.5. The molecule has 0 radical (unpaired) electrons. The Bertz CT molecular complexity index is 590. The number of alkyl halides is 3. The van der Waals surface area contributed by atoms with Crippen LogP contribution < -0.4 is 5.32 Å². The zero-order valence-electron chi connectivity index (χ0n) is 11.4. The lowest BCUT2D eigenvalue weighted by atomic mass is 9.94. The van der Waals surface area contributed by atoms with E-state index in [0.29, 0.717) is 12.1 Å². The van der Waals surface area contributed by atoms with Crippen LogP contribution in [0.1, 0.15) is 29.7 Å². The van der Waals surface area contributed by atoms with Gasteiger partial charge in [0.25, 0.3) is 0 Å². The molecular formula is C16H15F4N. The maximum Gasteiger partial charge on any atom is 0.416 e. The molecule has 1 unspecified atom stereocenters. The molecular weight excluding hydrogens is 282 g/mol. The van der Waals surface area contributed by atoms with Gasteiger partial charge in [0.1, 0.15) is 5.82 Å². The first-order chi connectivity index (χ1) is 9.93. The normalized spacial score (nSPS) is 13.2. The third-order valence-corrected chi connectivity index (χ3v) is 3.19. The number of nitrogens with one attached hydrogen (secondary N) is 1. The van der Waals surface area contributed by atoms with Gasteiger partial charge >= 0.3 is 6.18 Å². The summed E-state index contributed by atoms with van der Waals surface area (Å²) in [6.45, 7) is 2.31. The first kappa shape index (κ1) is 15.5. The Labute approximate surface area is 120 Å². The van der Waals surface area contributed by atoms with Gasteiger partial charge in [-0.1, -0.05) is 37.3 Å². The predicted octanol–water partition coefficient (Wildman–Crippen LogP) is 4.54. The lowest BCUT2D eigenvalue weighted by Crippen LogP contribution is -2.25. The van der Waals surface area contributed by atoms with Crippen LogP contribution in [-0.4, -0.2) is 6.54 Å². The molecule has 0 aliphatic heterocycles. The largest absolute Gasteiger partial charge is 0.416 e. The van der Waals surface area contributed by atoms with Gasteiger partial charge in [0.2, 0.25) is 0 Å². The number of benzene rings is 2. The average Bonchev–Trinajstić information content (AvgIpc) is 2.45. The van der Waals surface area contributed by atoms with Gasteiger partial charge in [-0.3, -0.25) is 0 Å². The molecule has 5 heteroatoms. The van der Waals surface area contributed by atoms with Gasteiger partial charge in [-0.2, -0.15) is 13.2 Å². The van der Waals surface area contributed by atoms with E-state index in [1.807, 2.05) is 6.92 Å². The van der Waals surface area contributed by atoms with Crippen molar-refractivity contribution in [2.75, 3.05) is 6.54 Å². The molecule has 0 saturated carbocycles. The number of hydrogen-bond acceptors (Lipinski definition) is 1. The third kappa shape index (κ3) is 3.61. The van der Waals surface area contributed by atoms with Gasteiger partial charge in [0.05, 0.1) is 11.6 Å². The highest BCUT2D eigenvalue weighted by atomic mass is 19.4. The van der Waals surface area contributed by atoms with Crippen LogP contribution in [-0.2, 0) is 6.18 Å². The summed E-state index contributed by atoms with van der Waals surface area (Å²) >= 11 is 0. The SMILES string of the molecule is CCNC(c1ccc(F)cc1)c1ccccc1C(F)(F)F. The highest BCUT2D eigenvalue weighted by molar-refractivity contribution is 5.39. The number of hydrogen-bond donors (Lipinski definition) is 1. The molecule has 2 rings (SSSR count).